The van der Waals surface area contributed by atoms with Crippen LogP contribution < -0.4 is 0 Å². The molecule has 1 aliphatic carbocycles. The molecule has 0 aromatic heterocycles. The molecule has 2 fully saturated rings. The average Bonchev–Trinajstić information content (AvgIpc) is 3.45. The van der Waals surface area contributed by atoms with E-state index in [1.54, 1.807) is 0 Å². The van der Waals surface area contributed by atoms with Gasteiger partial charge in [-0.05, 0) is 93.2 Å². The molecule has 224 valence electrons. The van der Waals surface area contributed by atoms with E-state index >= 15 is 0 Å². The summed E-state index contributed by atoms with van der Waals surface area (Å²) in [7, 11) is 0. The maximum absolute atomic E-state index is 13.6. The zero-order valence-corrected chi connectivity index (χ0v) is 25.2. The standard InChI is InChI=1S/C34H47NO6/c1-5-10-23(18-24-16-21(3)32(38)22(4)17-24)13-14-28-30-25(11-6-2)19-26-31(27(30)20-41-28)34(40)35(33(26)39)15-9-7-8-12-29(36)37/h16-18,26-28,31,38H,5-15,19-20H2,1-4H3,(H,36,37)/b23-18+/t26-,27+,28-,31-/m1/s1. The predicted octanol–water partition coefficient (Wildman–Crippen LogP) is 6.73. The largest absolute Gasteiger partial charge is 0.507 e. The highest BCUT2D eigenvalue weighted by atomic mass is 16.5. The van der Waals surface area contributed by atoms with Crippen LogP contribution in [-0.2, 0) is 19.1 Å². The van der Waals surface area contributed by atoms with Gasteiger partial charge < -0.3 is 14.9 Å². The van der Waals surface area contributed by atoms with E-state index < -0.39 is 5.97 Å². The molecule has 1 aromatic carbocycles. The van der Waals surface area contributed by atoms with Gasteiger partial charge in [-0.15, -0.1) is 0 Å². The summed E-state index contributed by atoms with van der Waals surface area (Å²) < 4.78 is 6.42. The number of hydrogen-bond donors (Lipinski definition) is 2. The predicted molar refractivity (Wildman–Crippen MR) is 159 cm³/mol. The van der Waals surface area contributed by atoms with Crippen LogP contribution in [0.5, 0.6) is 5.75 Å². The number of hydrogen-bond acceptors (Lipinski definition) is 5. The molecule has 2 N–H and O–H groups in total. The Morgan fingerprint density at radius 3 is 2.39 bits per heavy atom. The molecule has 0 saturated carbocycles. The van der Waals surface area contributed by atoms with E-state index in [1.807, 2.05) is 26.0 Å². The van der Waals surface area contributed by atoms with E-state index in [-0.39, 0.29) is 42.1 Å². The minimum atomic E-state index is -0.815. The smallest absolute Gasteiger partial charge is 0.303 e. The number of carboxylic acid groups (broad SMARTS) is 1. The molecule has 0 unspecified atom stereocenters. The fraction of sp³-hybridized carbons (Fsp3) is 0.618. The lowest BCUT2D eigenvalue weighted by atomic mass is 9.68. The quantitative estimate of drug-likeness (QED) is 0.147. The SMILES string of the molecule is CCCC1=C2[C@@H](CC/C(=C/c3cc(C)c(O)c(C)c3)CCC)OC[C@@H]2[C@@H]2C(=O)N(CCCCCC(=O)O)C(=O)[C@@H]2C1. The number of likely N-dealkylation sites (tertiary alicyclic amines) is 1. The number of rotatable bonds is 14. The number of aliphatic carboxylic acids is 1. The Bertz CT molecular complexity index is 1190. The van der Waals surface area contributed by atoms with Gasteiger partial charge in [0, 0.05) is 18.9 Å². The van der Waals surface area contributed by atoms with Crippen LogP contribution in [0.4, 0.5) is 0 Å². The number of unbranched alkanes of at least 4 members (excludes halogenated alkanes) is 2. The van der Waals surface area contributed by atoms with Crippen molar-refractivity contribution in [2.45, 2.75) is 104 Å². The number of phenolic OH excluding ortho intramolecular Hbond substituents is 1. The molecule has 2 saturated heterocycles. The molecule has 0 bridgehead atoms. The lowest BCUT2D eigenvalue weighted by Crippen LogP contribution is -2.34. The molecular weight excluding hydrogens is 518 g/mol. The van der Waals surface area contributed by atoms with E-state index in [0.717, 1.165) is 55.2 Å². The van der Waals surface area contributed by atoms with Gasteiger partial charge in [-0.25, -0.2) is 0 Å². The highest BCUT2D eigenvalue weighted by Crippen LogP contribution is 2.50. The van der Waals surface area contributed by atoms with Gasteiger partial charge in [0.1, 0.15) is 5.75 Å². The van der Waals surface area contributed by atoms with Crippen molar-refractivity contribution >= 4 is 23.9 Å². The van der Waals surface area contributed by atoms with Gasteiger partial charge in [-0.1, -0.05) is 50.3 Å². The molecular formula is C34H47NO6. The third-order valence-corrected chi connectivity index (χ3v) is 9.11. The van der Waals surface area contributed by atoms with Crippen molar-refractivity contribution in [2.24, 2.45) is 17.8 Å². The number of carboxylic acids is 1. The second kappa shape index (κ2) is 13.8. The van der Waals surface area contributed by atoms with Gasteiger partial charge in [0.25, 0.3) is 0 Å². The minimum absolute atomic E-state index is 0.0287. The summed E-state index contributed by atoms with van der Waals surface area (Å²) in [5, 5.41) is 19.1. The maximum Gasteiger partial charge on any atom is 0.303 e. The van der Waals surface area contributed by atoms with Crippen molar-refractivity contribution in [1.82, 2.24) is 4.90 Å². The monoisotopic (exact) mass is 565 g/mol. The number of nitrogens with zero attached hydrogens (tertiary/aromatic N) is 1. The summed E-state index contributed by atoms with van der Waals surface area (Å²) in [6.45, 7) is 9.07. The third kappa shape index (κ3) is 6.94. The second-order valence-corrected chi connectivity index (χ2v) is 12.2. The van der Waals surface area contributed by atoms with Crippen molar-refractivity contribution in [3.8, 4) is 5.75 Å². The summed E-state index contributed by atoms with van der Waals surface area (Å²) in [5.41, 5.74) is 6.82. The molecule has 2 aliphatic heterocycles. The Kier molecular flexibility index (Phi) is 10.5. The van der Waals surface area contributed by atoms with Crippen LogP contribution in [0.1, 0.15) is 101 Å². The van der Waals surface area contributed by atoms with Crippen molar-refractivity contribution in [3.05, 3.63) is 45.5 Å². The third-order valence-electron chi connectivity index (χ3n) is 9.11. The van der Waals surface area contributed by atoms with Crippen LogP contribution in [-0.4, -0.2) is 52.2 Å². The number of phenols is 1. The van der Waals surface area contributed by atoms with Crippen molar-refractivity contribution < 1.29 is 29.3 Å². The molecule has 7 nitrogen and oxygen atoms in total. The first kappa shape index (κ1) is 31.0. The van der Waals surface area contributed by atoms with Crippen LogP contribution in [0.25, 0.3) is 6.08 Å². The van der Waals surface area contributed by atoms with Crippen molar-refractivity contribution in [2.75, 3.05) is 13.2 Å². The Labute approximate surface area is 244 Å². The van der Waals surface area contributed by atoms with E-state index in [1.165, 1.54) is 21.6 Å². The topological polar surface area (TPSA) is 104 Å². The number of aryl methyl sites for hydroxylation is 2. The fourth-order valence-corrected chi connectivity index (χ4v) is 7.24. The normalized spacial score (nSPS) is 24.3. The molecule has 2 amide bonds. The first-order valence-electron chi connectivity index (χ1n) is 15.6. The van der Waals surface area contributed by atoms with E-state index in [2.05, 4.69) is 19.9 Å². The average molecular weight is 566 g/mol. The van der Waals surface area contributed by atoms with E-state index in [4.69, 9.17) is 9.84 Å². The summed E-state index contributed by atoms with van der Waals surface area (Å²) in [6.07, 6.45) is 10.6. The summed E-state index contributed by atoms with van der Waals surface area (Å²) in [5.74, 6) is -1.24. The molecule has 41 heavy (non-hydrogen) atoms. The van der Waals surface area contributed by atoms with Gasteiger partial charge in [0.15, 0.2) is 0 Å². The molecule has 4 rings (SSSR count). The first-order chi connectivity index (χ1) is 19.7. The lowest BCUT2D eigenvalue weighted by molar-refractivity contribution is -0.141. The molecule has 0 radical (unpaired) electrons. The van der Waals surface area contributed by atoms with E-state index in [9.17, 15) is 19.5 Å². The van der Waals surface area contributed by atoms with Crippen molar-refractivity contribution in [1.29, 1.82) is 0 Å². The number of carbonyl (C=O) groups excluding carboxylic acids is 2. The number of benzene rings is 1. The molecule has 0 spiro atoms. The molecule has 2 heterocycles. The van der Waals surface area contributed by atoms with Gasteiger partial charge in [-0.2, -0.15) is 0 Å². The Balaban J connectivity index is 1.48. The van der Waals surface area contributed by atoms with Gasteiger partial charge in [0.2, 0.25) is 11.8 Å². The molecule has 7 heteroatoms. The van der Waals surface area contributed by atoms with Gasteiger partial charge in [-0.3, -0.25) is 19.3 Å². The maximum atomic E-state index is 13.6. The van der Waals surface area contributed by atoms with Gasteiger partial charge in [0.05, 0.1) is 24.5 Å². The summed E-state index contributed by atoms with van der Waals surface area (Å²) in [4.78, 5) is 39.2. The highest BCUT2D eigenvalue weighted by molar-refractivity contribution is 6.06. The van der Waals surface area contributed by atoms with Crippen LogP contribution in [0, 0.1) is 31.6 Å². The molecule has 4 atom stereocenters. The number of amides is 2. The summed E-state index contributed by atoms with van der Waals surface area (Å²) in [6, 6.07) is 4.06. The van der Waals surface area contributed by atoms with Crippen LogP contribution in [0.3, 0.4) is 0 Å². The Hall–Kier alpha value is -2.93. The highest BCUT2D eigenvalue weighted by Gasteiger charge is 2.56. The van der Waals surface area contributed by atoms with Crippen molar-refractivity contribution in [3.63, 3.8) is 0 Å². The summed E-state index contributed by atoms with van der Waals surface area (Å²) >= 11 is 0. The van der Waals surface area contributed by atoms with Crippen LogP contribution in [0.15, 0.2) is 28.9 Å². The number of allylic oxidation sites excluding steroid dienone is 2. The fourth-order valence-electron chi connectivity index (χ4n) is 7.24. The molecule has 3 aliphatic rings. The molecule has 1 aromatic rings. The number of carbonyl (C=O) groups is 3. The van der Waals surface area contributed by atoms with Crippen LogP contribution >= 0.6 is 0 Å². The Morgan fingerprint density at radius 2 is 1.73 bits per heavy atom. The number of aromatic hydroxyl groups is 1. The lowest BCUT2D eigenvalue weighted by Gasteiger charge is -2.32. The number of fused-ring (bicyclic) bond motifs is 3. The van der Waals surface area contributed by atoms with E-state index in [0.29, 0.717) is 44.6 Å². The van der Waals surface area contributed by atoms with Crippen LogP contribution in [0.2, 0.25) is 0 Å². The zero-order chi connectivity index (χ0) is 29.7. The second-order valence-electron chi connectivity index (χ2n) is 12.2. The minimum Gasteiger partial charge on any atom is -0.507 e. The Morgan fingerprint density at radius 1 is 1.00 bits per heavy atom. The zero-order valence-electron chi connectivity index (χ0n) is 25.2. The van der Waals surface area contributed by atoms with Gasteiger partial charge >= 0.3 is 5.97 Å². The first-order valence-corrected chi connectivity index (χ1v) is 15.6. The number of imide groups is 1. The number of ether oxygens (including phenoxy) is 1.